The molecule has 1 amide bonds. The van der Waals surface area contributed by atoms with Gasteiger partial charge in [0.15, 0.2) is 5.25 Å². The average molecular weight is 406 g/mol. The fraction of sp³-hybridized carbons (Fsp3) is 0.600. The van der Waals surface area contributed by atoms with Crippen LogP contribution >= 0.6 is 11.8 Å². The Morgan fingerprint density at radius 1 is 1.14 bits per heavy atom. The highest BCUT2D eigenvalue weighted by molar-refractivity contribution is 8.04. The van der Waals surface area contributed by atoms with E-state index in [-0.39, 0.29) is 34.8 Å². The SMILES string of the molecule is CCC[C@H]1CCCC[C@@H]1Nc1c(NC2=CSC(C(=O)N(C)C)C2=O)c(=O)c1=O. The van der Waals surface area contributed by atoms with Crippen LogP contribution in [-0.2, 0) is 9.59 Å². The Kier molecular flexibility index (Phi) is 6.27. The van der Waals surface area contributed by atoms with E-state index in [4.69, 9.17) is 0 Å². The molecule has 1 aliphatic heterocycles. The zero-order valence-corrected chi connectivity index (χ0v) is 17.4. The smallest absolute Gasteiger partial charge is 0.253 e. The molecule has 1 saturated carbocycles. The summed E-state index contributed by atoms with van der Waals surface area (Å²) in [6.07, 6.45) is 6.56. The summed E-state index contributed by atoms with van der Waals surface area (Å²) in [4.78, 5) is 50.2. The van der Waals surface area contributed by atoms with Gasteiger partial charge in [-0.25, -0.2) is 0 Å². The molecule has 1 fully saturated rings. The van der Waals surface area contributed by atoms with Crippen LogP contribution in [0.5, 0.6) is 0 Å². The Hall–Kier alpha value is -2.09. The lowest BCUT2D eigenvalue weighted by Crippen LogP contribution is -2.43. The Labute approximate surface area is 168 Å². The summed E-state index contributed by atoms with van der Waals surface area (Å²) in [6, 6.07) is 0.170. The number of allylic oxidation sites excluding steroid dienone is 1. The van der Waals surface area contributed by atoms with Crippen LogP contribution in [-0.4, -0.2) is 42.0 Å². The fourth-order valence-electron chi connectivity index (χ4n) is 3.98. The van der Waals surface area contributed by atoms with Gasteiger partial charge in [-0.2, -0.15) is 0 Å². The highest BCUT2D eigenvalue weighted by atomic mass is 32.2. The maximum absolute atomic E-state index is 12.5. The first-order valence-electron chi connectivity index (χ1n) is 9.83. The summed E-state index contributed by atoms with van der Waals surface area (Å²) in [7, 11) is 3.19. The van der Waals surface area contributed by atoms with Crippen LogP contribution in [0.2, 0.25) is 0 Å². The highest BCUT2D eigenvalue weighted by Crippen LogP contribution is 2.33. The first-order chi connectivity index (χ1) is 13.3. The topological polar surface area (TPSA) is 95.6 Å². The second-order valence-electron chi connectivity index (χ2n) is 7.76. The molecule has 28 heavy (non-hydrogen) atoms. The Morgan fingerprint density at radius 3 is 2.50 bits per heavy atom. The predicted octanol–water partition coefficient (Wildman–Crippen LogP) is 2.08. The van der Waals surface area contributed by atoms with E-state index in [2.05, 4.69) is 17.6 Å². The fourth-order valence-corrected chi connectivity index (χ4v) is 5.00. The molecule has 0 bridgehead atoms. The molecule has 0 spiro atoms. The van der Waals surface area contributed by atoms with Gasteiger partial charge >= 0.3 is 0 Å². The normalized spacial score (nSPS) is 24.9. The summed E-state index contributed by atoms with van der Waals surface area (Å²) in [6.45, 7) is 2.15. The van der Waals surface area contributed by atoms with Gasteiger partial charge in [0, 0.05) is 20.1 Å². The maximum atomic E-state index is 12.5. The Bertz CT molecular complexity index is 867. The van der Waals surface area contributed by atoms with Gasteiger partial charge in [-0.15, -0.1) is 11.8 Å². The molecule has 8 heteroatoms. The number of nitrogens with zero attached hydrogens (tertiary/aromatic N) is 1. The molecule has 0 aromatic heterocycles. The molecule has 1 aromatic rings. The number of ketones is 1. The molecule has 0 saturated heterocycles. The number of nitrogens with one attached hydrogen (secondary N) is 2. The van der Waals surface area contributed by atoms with Crippen LogP contribution in [0.15, 0.2) is 20.7 Å². The van der Waals surface area contributed by atoms with Crippen molar-refractivity contribution in [2.45, 2.75) is 56.7 Å². The minimum absolute atomic E-state index is 0.143. The summed E-state index contributed by atoms with van der Waals surface area (Å²) < 4.78 is 0. The molecule has 0 radical (unpaired) electrons. The number of carbonyl (C=O) groups is 2. The number of hydrogen-bond donors (Lipinski definition) is 2. The number of hydrogen-bond acceptors (Lipinski definition) is 7. The summed E-state index contributed by atoms with van der Waals surface area (Å²) in [5.74, 6) is -0.179. The van der Waals surface area contributed by atoms with Crippen LogP contribution in [0.25, 0.3) is 0 Å². The van der Waals surface area contributed by atoms with Crippen LogP contribution < -0.4 is 21.5 Å². The van der Waals surface area contributed by atoms with Crippen molar-refractivity contribution in [2.24, 2.45) is 5.92 Å². The van der Waals surface area contributed by atoms with Crippen LogP contribution in [0.4, 0.5) is 11.4 Å². The molecule has 1 aromatic carbocycles. The van der Waals surface area contributed by atoms with Crippen molar-refractivity contribution in [1.29, 1.82) is 0 Å². The zero-order chi connectivity index (χ0) is 20.4. The quantitative estimate of drug-likeness (QED) is 0.530. The molecule has 152 valence electrons. The van der Waals surface area contributed by atoms with Gasteiger partial charge in [-0.3, -0.25) is 19.2 Å². The lowest BCUT2D eigenvalue weighted by atomic mass is 9.81. The van der Waals surface area contributed by atoms with E-state index >= 15 is 0 Å². The van der Waals surface area contributed by atoms with Crippen molar-refractivity contribution in [3.8, 4) is 0 Å². The maximum Gasteiger partial charge on any atom is 0.253 e. The standard InChI is InChI=1S/C20H27N3O4S/c1-4-7-11-8-5-6-9-12(11)21-14-15(18(26)17(14)25)22-13-10-28-19(16(13)24)20(27)23(2)3/h10-12,19,21-22H,4-9H2,1-3H3/t11-,12-,19?/m0/s1. The second-order valence-corrected chi connectivity index (χ2v) is 8.74. The monoisotopic (exact) mass is 405 g/mol. The lowest BCUT2D eigenvalue weighted by molar-refractivity contribution is -0.131. The third kappa shape index (κ3) is 3.87. The molecule has 1 unspecified atom stereocenters. The lowest BCUT2D eigenvalue weighted by Gasteiger charge is -2.33. The van der Waals surface area contributed by atoms with Crippen LogP contribution in [0, 0.1) is 5.92 Å². The molecule has 3 atom stereocenters. The van der Waals surface area contributed by atoms with Crippen molar-refractivity contribution >= 4 is 34.8 Å². The van der Waals surface area contributed by atoms with E-state index in [1.165, 1.54) is 11.3 Å². The molecule has 3 rings (SSSR count). The van der Waals surface area contributed by atoms with Gasteiger partial charge in [0.25, 0.3) is 10.9 Å². The van der Waals surface area contributed by atoms with Gasteiger partial charge in [0.2, 0.25) is 11.7 Å². The zero-order valence-electron chi connectivity index (χ0n) is 16.5. The number of rotatable bonds is 7. The van der Waals surface area contributed by atoms with E-state index < -0.39 is 16.1 Å². The number of carbonyl (C=O) groups excluding carboxylic acids is 2. The van der Waals surface area contributed by atoms with E-state index in [9.17, 15) is 19.2 Å². The van der Waals surface area contributed by atoms with Crippen LogP contribution in [0.3, 0.4) is 0 Å². The van der Waals surface area contributed by atoms with E-state index in [0.717, 1.165) is 43.9 Å². The van der Waals surface area contributed by atoms with Gasteiger partial charge in [0.1, 0.15) is 11.4 Å². The molecular weight excluding hydrogens is 378 g/mol. The van der Waals surface area contributed by atoms with Gasteiger partial charge in [0.05, 0.1) is 5.70 Å². The molecule has 1 aliphatic carbocycles. The average Bonchev–Trinajstić information content (AvgIpc) is 3.05. The molecule has 2 N–H and O–H groups in total. The third-order valence-corrected chi connectivity index (χ3v) is 6.62. The van der Waals surface area contributed by atoms with Gasteiger partial charge < -0.3 is 15.5 Å². The largest absolute Gasteiger partial charge is 0.377 e. The van der Waals surface area contributed by atoms with Crippen LogP contribution in [0.1, 0.15) is 45.4 Å². The molecule has 7 nitrogen and oxygen atoms in total. The number of thioether (sulfide) groups is 1. The number of Topliss-reactive ketones (excluding diaryl/α,β-unsaturated/α-hetero) is 1. The number of amides is 1. The first-order valence-corrected chi connectivity index (χ1v) is 10.8. The molecule has 2 aliphatic rings. The van der Waals surface area contributed by atoms with Crippen molar-refractivity contribution in [3.05, 3.63) is 31.6 Å². The van der Waals surface area contributed by atoms with E-state index in [1.807, 2.05) is 0 Å². The third-order valence-electron chi connectivity index (χ3n) is 5.56. The Balaban J connectivity index is 1.72. The van der Waals surface area contributed by atoms with Crippen molar-refractivity contribution in [1.82, 2.24) is 4.90 Å². The summed E-state index contributed by atoms with van der Waals surface area (Å²) in [5, 5.41) is 6.82. The minimum atomic E-state index is -0.840. The molecular formula is C20H27N3O4S. The molecule has 1 heterocycles. The van der Waals surface area contributed by atoms with E-state index in [0.29, 0.717) is 5.92 Å². The van der Waals surface area contributed by atoms with Crippen molar-refractivity contribution in [3.63, 3.8) is 0 Å². The highest BCUT2D eigenvalue weighted by Gasteiger charge is 2.37. The van der Waals surface area contributed by atoms with E-state index in [1.54, 1.807) is 19.5 Å². The minimum Gasteiger partial charge on any atom is -0.377 e. The summed E-state index contributed by atoms with van der Waals surface area (Å²) >= 11 is 1.11. The number of anilines is 2. The second kappa shape index (κ2) is 8.51. The van der Waals surface area contributed by atoms with Gasteiger partial charge in [-0.05, 0) is 30.6 Å². The summed E-state index contributed by atoms with van der Waals surface area (Å²) in [5.41, 5.74) is -0.549. The predicted molar refractivity (Wildman–Crippen MR) is 112 cm³/mol. The Morgan fingerprint density at radius 2 is 1.82 bits per heavy atom. The van der Waals surface area contributed by atoms with Crippen molar-refractivity contribution < 1.29 is 9.59 Å². The first kappa shape index (κ1) is 20.6. The van der Waals surface area contributed by atoms with Gasteiger partial charge in [-0.1, -0.05) is 26.2 Å². The van der Waals surface area contributed by atoms with Crippen molar-refractivity contribution in [2.75, 3.05) is 24.7 Å².